The maximum absolute atomic E-state index is 12.4. The zero-order valence-corrected chi connectivity index (χ0v) is 13.4. The van der Waals surface area contributed by atoms with Gasteiger partial charge in [-0.05, 0) is 12.2 Å². The van der Waals surface area contributed by atoms with Crippen LogP contribution in [0.1, 0.15) is 6.23 Å². The number of nitrogens with two attached hydrogens (primary N) is 1. The molecule has 11 nitrogen and oxygen atoms in total. The fourth-order valence-electron chi connectivity index (χ4n) is 3.15. The molecule has 4 rings (SSSR count). The van der Waals surface area contributed by atoms with E-state index in [1.165, 1.54) is 10.9 Å². The Morgan fingerprint density at radius 1 is 1.28 bits per heavy atom. The molecular formula is C13H14N6O5S. The molecule has 132 valence electrons. The van der Waals surface area contributed by atoms with E-state index in [1.807, 2.05) is 0 Å². The predicted octanol–water partition coefficient (Wildman–Crippen LogP) is -1.48. The van der Waals surface area contributed by atoms with Crippen molar-refractivity contribution < 1.29 is 20.1 Å². The normalized spacial score (nSPS) is 26.7. The second-order valence-corrected chi connectivity index (χ2v) is 6.10. The number of H-pyrrole nitrogens is 2. The van der Waals surface area contributed by atoms with Gasteiger partial charge in [-0.25, -0.2) is 9.97 Å². The molecule has 3 aromatic heterocycles. The van der Waals surface area contributed by atoms with Gasteiger partial charge in [-0.1, -0.05) is 0 Å². The molecule has 1 aliphatic heterocycles. The van der Waals surface area contributed by atoms with Gasteiger partial charge in [0, 0.05) is 0 Å². The lowest BCUT2D eigenvalue weighted by atomic mass is 10.1. The number of anilines is 1. The van der Waals surface area contributed by atoms with E-state index in [4.69, 9.17) is 22.7 Å². The molecule has 0 aliphatic carbocycles. The van der Waals surface area contributed by atoms with Crippen LogP contribution in [0.15, 0.2) is 11.1 Å². The van der Waals surface area contributed by atoms with Gasteiger partial charge in [-0.3, -0.25) is 14.3 Å². The standard InChI is InChI=1S/C13H14N6O5S/c14-8-4-5-10(17-13(25)18-11(5)23)19(9(4)16-2-15-8)12-7(22)6(21)3(1-20)24-12/h2-3,6-7,12,20-22H,1H2,(H2,14,15,16)(H2,17,18,23,25)/t3-,6-,7-,12?/m1/s1. The third-order valence-electron chi connectivity index (χ3n) is 4.27. The summed E-state index contributed by atoms with van der Waals surface area (Å²) in [6, 6.07) is 0. The number of ether oxygens (including phenoxy) is 1. The number of fused-ring (bicyclic) bond motifs is 3. The summed E-state index contributed by atoms with van der Waals surface area (Å²) in [6.07, 6.45) is -3.58. The minimum atomic E-state index is -1.37. The summed E-state index contributed by atoms with van der Waals surface area (Å²) in [5, 5.41) is 30.1. The van der Waals surface area contributed by atoms with Crippen molar-refractivity contribution in [3.63, 3.8) is 0 Å². The van der Waals surface area contributed by atoms with E-state index in [0.717, 1.165) is 0 Å². The molecule has 0 bridgehead atoms. The first-order valence-corrected chi connectivity index (χ1v) is 7.74. The van der Waals surface area contributed by atoms with Crippen LogP contribution in [0.3, 0.4) is 0 Å². The van der Waals surface area contributed by atoms with Crippen molar-refractivity contribution in [2.24, 2.45) is 0 Å². The first kappa shape index (κ1) is 16.1. The van der Waals surface area contributed by atoms with Crippen molar-refractivity contribution in [2.75, 3.05) is 12.3 Å². The summed E-state index contributed by atoms with van der Waals surface area (Å²) in [7, 11) is 0. The maximum Gasteiger partial charge on any atom is 0.262 e. The molecular weight excluding hydrogens is 352 g/mol. The van der Waals surface area contributed by atoms with Crippen LogP contribution in [0.5, 0.6) is 0 Å². The molecule has 1 aliphatic rings. The number of nitrogen functional groups attached to an aromatic ring is 1. The van der Waals surface area contributed by atoms with Gasteiger partial charge < -0.3 is 30.8 Å². The molecule has 0 amide bonds. The Morgan fingerprint density at radius 3 is 2.72 bits per heavy atom. The molecule has 1 fully saturated rings. The number of aromatic amines is 2. The second kappa shape index (κ2) is 5.57. The SMILES string of the molecule is Nc1ncnc2c1c1c(=O)[nH]c(=S)[nH]c1n2C1O[C@H](CO)[C@@H](O)[C@H]1O. The van der Waals surface area contributed by atoms with Gasteiger partial charge in [0.2, 0.25) is 0 Å². The fraction of sp³-hybridized carbons (Fsp3) is 0.385. The molecule has 0 aromatic carbocycles. The highest BCUT2D eigenvalue weighted by Gasteiger charge is 2.44. The van der Waals surface area contributed by atoms with Crippen LogP contribution in [-0.4, -0.2) is 64.7 Å². The van der Waals surface area contributed by atoms with E-state index in [0.29, 0.717) is 0 Å². The zero-order chi connectivity index (χ0) is 17.9. The van der Waals surface area contributed by atoms with Crippen molar-refractivity contribution >= 4 is 40.1 Å². The average molecular weight is 366 g/mol. The van der Waals surface area contributed by atoms with Gasteiger partial charge in [-0.2, -0.15) is 0 Å². The van der Waals surface area contributed by atoms with Gasteiger partial charge >= 0.3 is 0 Å². The minimum absolute atomic E-state index is 0.0554. The number of aromatic nitrogens is 5. The van der Waals surface area contributed by atoms with Gasteiger partial charge in [0.05, 0.1) is 17.4 Å². The zero-order valence-electron chi connectivity index (χ0n) is 12.6. The summed E-state index contributed by atoms with van der Waals surface area (Å²) in [5.74, 6) is 0.0662. The number of nitrogens with one attached hydrogen (secondary N) is 2. The van der Waals surface area contributed by atoms with Crippen LogP contribution in [0.2, 0.25) is 0 Å². The quantitative estimate of drug-likeness (QED) is 0.295. The topological polar surface area (TPSA) is 175 Å². The summed E-state index contributed by atoms with van der Waals surface area (Å²) in [5.41, 5.74) is 5.84. The van der Waals surface area contributed by atoms with E-state index < -0.39 is 36.7 Å². The van der Waals surface area contributed by atoms with Crippen molar-refractivity contribution in [3.05, 3.63) is 21.5 Å². The van der Waals surface area contributed by atoms with Gasteiger partial charge in [0.25, 0.3) is 5.56 Å². The Hall–Kier alpha value is -2.38. The molecule has 7 N–H and O–H groups in total. The summed E-state index contributed by atoms with van der Waals surface area (Å²) in [4.78, 5) is 25.7. The molecule has 4 heterocycles. The average Bonchev–Trinajstić information content (AvgIpc) is 3.04. The maximum atomic E-state index is 12.4. The van der Waals surface area contributed by atoms with Crippen molar-refractivity contribution in [2.45, 2.75) is 24.5 Å². The largest absolute Gasteiger partial charge is 0.394 e. The molecule has 0 spiro atoms. The Balaban J connectivity index is 2.11. The minimum Gasteiger partial charge on any atom is -0.394 e. The molecule has 1 unspecified atom stereocenters. The first-order valence-electron chi connectivity index (χ1n) is 7.33. The van der Waals surface area contributed by atoms with Crippen LogP contribution >= 0.6 is 12.2 Å². The molecule has 25 heavy (non-hydrogen) atoms. The third kappa shape index (κ3) is 2.19. The molecule has 12 heteroatoms. The molecule has 0 saturated carbocycles. The number of rotatable bonds is 2. The smallest absolute Gasteiger partial charge is 0.262 e. The van der Waals surface area contributed by atoms with Crippen LogP contribution in [0.4, 0.5) is 5.82 Å². The fourth-order valence-corrected chi connectivity index (χ4v) is 3.34. The van der Waals surface area contributed by atoms with Crippen LogP contribution < -0.4 is 11.3 Å². The summed E-state index contributed by atoms with van der Waals surface area (Å²) >= 11 is 5.01. The first-order chi connectivity index (χ1) is 11.9. The lowest BCUT2D eigenvalue weighted by molar-refractivity contribution is -0.0492. The van der Waals surface area contributed by atoms with Gasteiger partial charge in [-0.15, -0.1) is 0 Å². The Bertz CT molecular complexity index is 1090. The van der Waals surface area contributed by atoms with Crippen molar-refractivity contribution in [1.29, 1.82) is 0 Å². The number of aliphatic hydroxyl groups excluding tert-OH is 3. The molecule has 4 atom stereocenters. The number of hydrogen-bond donors (Lipinski definition) is 6. The molecule has 0 radical (unpaired) electrons. The molecule has 1 saturated heterocycles. The Morgan fingerprint density at radius 2 is 2.04 bits per heavy atom. The lowest BCUT2D eigenvalue weighted by Gasteiger charge is -2.18. The van der Waals surface area contributed by atoms with Crippen LogP contribution in [0.25, 0.3) is 22.1 Å². The second-order valence-electron chi connectivity index (χ2n) is 5.69. The highest BCUT2D eigenvalue weighted by Crippen LogP contribution is 2.36. The van der Waals surface area contributed by atoms with Crippen LogP contribution in [-0.2, 0) is 4.74 Å². The highest BCUT2D eigenvalue weighted by molar-refractivity contribution is 7.71. The summed E-state index contributed by atoms with van der Waals surface area (Å²) < 4.78 is 7.00. The van der Waals surface area contributed by atoms with Crippen molar-refractivity contribution in [1.82, 2.24) is 24.5 Å². The van der Waals surface area contributed by atoms with E-state index in [1.54, 1.807) is 0 Å². The monoisotopic (exact) mass is 366 g/mol. The van der Waals surface area contributed by atoms with E-state index in [2.05, 4.69) is 19.9 Å². The van der Waals surface area contributed by atoms with Gasteiger partial charge in [0.15, 0.2) is 11.0 Å². The van der Waals surface area contributed by atoms with E-state index >= 15 is 0 Å². The Kier molecular flexibility index (Phi) is 3.59. The van der Waals surface area contributed by atoms with Gasteiger partial charge in [0.1, 0.15) is 41.8 Å². The highest BCUT2D eigenvalue weighted by atomic mass is 32.1. The predicted molar refractivity (Wildman–Crippen MR) is 88.3 cm³/mol. The number of aliphatic hydroxyl groups is 3. The lowest BCUT2D eigenvalue weighted by Crippen LogP contribution is -2.33. The third-order valence-corrected chi connectivity index (χ3v) is 4.47. The number of nitrogens with zero attached hydrogens (tertiary/aromatic N) is 3. The van der Waals surface area contributed by atoms with E-state index in [-0.39, 0.29) is 32.7 Å². The van der Waals surface area contributed by atoms with E-state index in [9.17, 15) is 20.1 Å². The molecule has 3 aromatic rings. The number of hydrogen-bond acceptors (Lipinski definition) is 9. The van der Waals surface area contributed by atoms with Crippen LogP contribution in [0, 0.1) is 4.77 Å². The Labute approximate surface area is 143 Å². The summed E-state index contributed by atoms with van der Waals surface area (Å²) in [6.45, 7) is -0.487. The van der Waals surface area contributed by atoms with Crippen molar-refractivity contribution in [3.8, 4) is 0 Å².